The molecule has 1 aliphatic carbocycles. The van der Waals surface area contributed by atoms with Crippen molar-refractivity contribution in [2.24, 2.45) is 0 Å². The van der Waals surface area contributed by atoms with Crippen molar-refractivity contribution in [2.75, 3.05) is 6.61 Å². The maximum Gasteiger partial charge on any atom is 0.338 e. The van der Waals surface area contributed by atoms with Gasteiger partial charge in [0.15, 0.2) is 0 Å². The van der Waals surface area contributed by atoms with Crippen LogP contribution in [0, 0.1) is 12.7 Å². The molecule has 2 heterocycles. The second kappa shape index (κ2) is 10.8. The lowest BCUT2D eigenvalue weighted by Crippen LogP contribution is -2.30. The molecular weight excluding hydrogens is 503 g/mol. The summed E-state index contributed by atoms with van der Waals surface area (Å²) in [5, 5.41) is 9.78. The Morgan fingerprint density at radius 2 is 2.05 bits per heavy atom. The number of rotatable bonds is 8. The van der Waals surface area contributed by atoms with E-state index in [2.05, 4.69) is 32.3 Å². The Kier molecular flexibility index (Phi) is 7.13. The van der Waals surface area contributed by atoms with Gasteiger partial charge in [0.2, 0.25) is 0 Å². The first-order chi connectivity index (χ1) is 18.9. The lowest BCUT2D eigenvalue weighted by atomic mass is 9.98. The average Bonchev–Trinajstić information content (AvgIpc) is 3.57. The predicted octanol–water partition coefficient (Wildman–Crippen LogP) is 3.26. The van der Waals surface area contributed by atoms with E-state index >= 15 is 0 Å². The highest BCUT2D eigenvalue weighted by atomic mass is 19.1. The van der Waals surface area contributed by atoms with Gasteiger partial charge in [0.05, 0.1) is 11.6 Å². The summed E-state index contributed by atoms with van der Waals surface area (Å²) in [6.45, 7) is 5.63. The number of esters is 1. The maximum absolute atomic E-state index is 13.5. The second-order valence-corrected chi connectivity index (χ2v) is 9.07. The molecule has 1 aliphatic rings. The van der Waals surface area contributed by atoms with Gasteiger partial charge in [-0.05, 0) is 60.2 Å². The summed E-state index contributed by atoms with van der Waals surface area (Å²) in [6, 6.07) is 10.4. The Morgan fingerprint density at radius 3 is 2.85 bits per heavy atom. The average molecular weight is 529 g/mol. The van der Waals surface area contributed by atoms with Crippen LogP contribution in [0.3, 0.4) is 0 Å². The van der Waals surface area contributed by atoms with Gasteiger partial charge in [0.25, 0.3) is 17.6 Å². The lowest BCUT2D eigenvalue weighted by Gasteiger charge is -2.16. The number of carbonyl (C=O) groups is 3. The Bertz CT molecular complexity index is 1620. The van der Waals surface area contributed by atoms with Gasteiger partial charge in [0, 0.05) is 12.6 Å². The summed E-state index contributed by atoms with van der Waals surface area (Å²) in [4.78, 5) is 46.9. The molecule has 2 N–H and O–H groups in total. The van der Waals surface area contributed by atoms with Crippen molar-refractivity contribution in [2.45, 2.75) is 32.4 Å². The summed E-state index contributed by atoms with van der Waals surface area (Å²) in [5.41, 5.74) is 3.85. The first-order valence-corrected chi connectivity index (χ1v) is 12.3. The fourth-order valence-electron chi connectivity index (χ4n) is 4.71. The monoisotopic (exact) mass is 528 g/mol. The molecule has 0 bridgehead atoms. The predicted molar refractivity (Wildman–Crippen MR) is 139 cm³/mol. The number of aromatic nitrogens is 4. The minimum absolute atomic E-state index is 0.0256. The summed E-state index contributed by atoms with van der Waals surface area (Å²) in [6.07, 6.45) is 4.07. The number of amides is 2. The number of nitrogens with one attached hydrogen (secondary N) is 2. The number of fused-ring (bicyclic) bond motifs is 2. The normalized spacial score (nSPS) is 14.1. The minimum atomic E-state index is -0.545. The van der Waals surface area contributed by atoms with Crippen LogP contribution in [0.4, 0.5) is 4.39 Å². The van der Waals surface area contributed by atoms with Crippen LogP contribution in [0.25, 0.3) is 5.78 Å². The van der Waals surface area contributed by atoms with E-state index in [1.807, 2.05) is 13.0 Å². The molecule has 39 heavy (non-hydrogen) atoms. The third-order valence-electron chi connectivity index (χ3n) is 6.61. The fourth-order valence-corrected chi connectivity index (χ4v) is 4.71. The zero-order valence-corrected chi connectivity index (χ0v) is 21.1. The molecule has 0 spiro atoms. The number of carbonyl (C=O) groups excluding carboxylic acids is 3. The maximum atomic E-state index is 13.5. The van der Waals surface area contributed by atoms with Gasteiger partial charge in [-0.1, -0.05) is 30.9 Å². The highest BCUT2D eigenvalue weighted by Gasteiger charge is 2.29. The number of nitrogens with zero attached hydrogens (tertiary/aromatic N) is 4. The van der Waals surface area contributed by atoms with Gasteiger partial charge in [-0.2, -0.15) is 14.6 Å². The van der Waals surface area contributed by atoms with Crippen molar-refractivity contribution in [1.29, 1.82) is 0 Å². The van der Waals surface area contributed by atoms with Crippen LogP contribution in [0.15, 0.2) is 61.4 Å². The Balaban J connectivity index is 1.35. The van der Waals surface area contributed by atoms with Gasteiger partial charge in [-0.15, -0.1) is 0 Å². The SMILES string of the molecule is C=CCOC(=O)c1ccc2c(c1C)CC[C@@H]2NC(=O)c1cc(C(=O)NCc2cccc(F)c2)nc2ncnn12. The van der Waals surface area contributed by atoms with Gasteiger partial charge in [-0.3, -0.25) is 9.59 Å². The third-order valence-corrected chi connectivity index (χ3v) is 6.61. The molecular formula is C28H25FN6O4. The summed E-state index contributed by atoms with van der Waals surface area (Å²) in [7, 11) is 0. The van der Waals surface area contributed by atoms with Crippen LogP contribution in [-0.2, 0) is 17.7 Å². The molecule has 11 heteroatoms. The summed E-state index contributed by atoms with van der Waals surface area (Å²) < 4.78 is 19.9. The molecule has 0 saturated carbocycles. The Morgan fingerprint density at radius 1 is 1.21 bits per heavy atom. The van der Waals surface area contributed by atoms with Crippen molar-refractivity contribution in [1.82, 2.24) is 30.2 Å². The van der Waals surface area contributed by atoms with Crippen molar-refractivity contribution < 1.29 is 23.5 Å². The highest BCUT2D eigenvalue weighted by molar-refractivity contribution is 5.98. The van der Waals surface area contributed by atoms with Crippen LogP contribution in [0.2, 0.25) is 0 Å². The number of hydrogen-bond acceptors (Lipinski definition) is 7. The molecule has 2 aromatic heterocycles. The molecule has 1 atom stereocenters. The molecule has 2 amide bonds. The van der Waals surface area contributed by atoms with Crippen molar-refractivity contribution in [3.63, 3.8) is 0 Å². The molecule has 4 aromatic rings. The van der Waals surface area contributed by atoms with Gasteiger partial charge < -0.3 is 15.4 Å². The van der Waals surface area contributed by atoms with Gasteiger partial charge in [-0.25, -0.2) is 14.2 Å². The molecule has 5 rings (SSSR count). The van der Waals surface area contributed by atoms with E-state index in [1.54, 1.807) is 18.2 Å². The number of halogens is 1. The van der Waals surface area contributed by atoms with Crippen LogP contribution in [-0.4, -0.2) is 44.0 Å². The molecule has 0 aliphatic heterocycles. The number of hydrogen-bond donors (Lipinski definition) is 2. The van der Waals surface area contributed by atoms with Crippen molar-refractivity contribution >= 4 is 23.6 Å². The van der Waals surface area contributed by atoms with E-state index in [9.17, 15) is 18.8 Å². The van der Waals surface area contributed by atoms with Gasteiger partial charge in [0.1, 0.15) is 30.1 Å². The quantitative estimate of drug-likeness (QED) is 0.265. The van der Waals surface area contributed by atoms with Crippen LogP contribution >= 0.6 is 0 Å². The van der Waals surface area contributed by atoms with Crippen molar-refractivity contribution in [3.8, 4) is 0 Å². The summed E-state index contributed by atoms with van der Waals surface area (Å²) >= 11 is 0. The number of ether oxygens (including phenoxy) is 1. The first-order valence-electron chi connectivity index (χ1n) is 12.3. The first kappa shape index (κ1) is 25.7. The topological polar surface area (TPSA) is 128 Å². The van der Waals surface area contributed by atoms with E-state index in [0.29, 0.717) is 24.0 Å². The van der Waals surface area contributed by atoms with E-state index in [4.69, 9.17) is 4.74 Å². The molecule has 10 nitrogen and oxygen atoms in total. The second-order valence-electron chi connectivity index (χ2n) is 9.07. The third kappa shape index (κ3) is 5.24. The van der Waals surface area contributed by atoms with Crippen LogP contribution < -0.4 is 10.6 Å². The fraction of sp³-hybridized carbons (Fsp3) is 0.214. The zero-order chi connectivity index (χ0) is 27.5. The van der Waals surface area contributed by atoms with Gasteiger partial charge >= 0.3 is 5.97 Å². The minimum Gasteiger partial charge on any atom is -0.458 e. The van der Waals surface area contributed by atoms with Crippen molar-refractivity contribution in [3.05, 3.63) is 106 Å². The van der Waals surface area contributed by atoms with E-state index in [1.165, 1.54) is 35.1 Å². The molecule has 198 valence electrons. The molecule has 0 unspecified atom stereocenters. The Hall–Kier alpha value is -4.93. The van der Waals surface area contributed by atoms with E-state index in [0.717, 1.165) is 16.7 Å². The standard InChI is InChI=1S/C28H25FN6O4/c1-3-11-39-27(38)20-7-8-21-19(16(20)2)9-10-22(21)33-26(37)24-13-23(34-28-31-15-32-35(24)28)25(36)30-14-17-5-4-6-18(29)12-17/h3-8,12-13,15,22H,1,9-11,14H2,2H3,(H,30,36)(H,33,37)/t22-/m0/s1. The molecule has 0 saturated heterocycles. The Labute approximate surface area is 222 Å². The smallest absolute Gasteiger partial charge is 0.338 e. The van der Waals surface area contributed by atoms with Crippen LogP contribution in [0.5, 0.6) is 0 Å². The lowest BCUT2D eigenvalue weighted by molar-refractivity contribution is 0.0548. The van der Waals surface area contributed by atoms with E-state index in [-0.39, 0.29) is 36.4 Å². The molecule has 0 fully saturated rings. The molecule has 2 aromatic carbocycles. The van der Waals surface area contributed by atoms with Crippen LogP contribution in [0.1, 0.15) is 66.1 Å². The number of benzene rings is 2. The summed E-state index contributed by atoms with van der Waals surface area (Å²) in [5.74, 6) is -1.75. The zero-order valence-electron chi connectivity index (χ0n) is 21.1. The van der Waals surface area contributed by atoms with E-state index < -0.39 is 23.6 Å². The molecule has 0 radical (unpaired) electrons. The highest BCUT2D eigenvalue weighted by Crippen LogP contribution is 2.35. The largest absolute Gasteiger partial charge is 0.458 e.